The Kier molecular flexibility index (Phi) is 4.86. The summed E-state index contributed by atoms with van der Waals surface area (Å²) in [6.45, 7) is 4.15. The maximum atomic E-state index is 14.2. The first-order chi connectivity index (χ1) is 12.1. The molecule has 25 heavy (non-hydrogen) atoms. The van der Waals surface area contributed by atoms with Crippen LogP contribution < -0.4 is 0 Å². The van der Waals surface area contributed by atoms with E-state index in [0.29, 0.717) is 6.42 Å². The maximum Gasteiger partial charge on any atom is 0.361 e. The fourth-order valence-corrected chi connectivity index (χ4v) is 2.63. The van der Waals surface area contributed by atoms with Gasteiger partial charge in [0.2, 0.25) is 11.5 Å². The number of imidazole rings is 1. The highest BCUT2D eigenvalue weighted by molar-refractivity contribution is 5.88. The van der Waals surface area contributed by atoms with Gasteiger partial charge >= 0.3 is 5.97 Å². The summed E-state index contributed by atoms with van der Waals surface area (Å²) in [5, 5.41) is 0. The highest BCUT2D eigenvalue weighted by Gasteiger charge is 2.42. The number of ether oxygens (including phenoxy) is 2. The quantitative estimate of drug-likeness (QED) is 0.633. The van der Waals surface area contributed by atoms with Gasteiger partial charge in [-0.2, -0.15) is 4.39 Å². The van der Waals surface area contributed by atoms with Gasteiger partial charge in [0.1, 0.15) is 13.2 Å². The highest BCUT2D eigenvalue weighted by Crippen LogP contribution is 2.26. The number of benzene rings is 1. The van der Waals surface area contributed by atoms with Gasteiger partial charge in [-0.15, -0.1) is 0 Å². The molecule has 0 spiro atoms. The van der Waals surface area contributed by atoms with E-state index >= 15 is 0 Å². The Labute approximate surface area is 145 Å². The summed E-state index contributed by atoms with van der Waals surface area (Å²) in [6.07, 6.45) is 1.95. The summed E-state index contributed by atoms with van der Waals surface area (Å²) in [5.74, 6) is 4.16. The van der Waals surface area contributed by atoms with Crippen LogP contribution in [0, 0.1) is 17.8 Å². The van der Waals surface area contributed by atoms with Gasteiger partial charge in [0.15, 0.2) is 5.69 Å². The van der Waals surface area contributed by atoms with Crippen LogP contribution in [-0.2, 0) is 9.47 Å². The second-order valence-electron chi connectivity index (χ2n) is 5.91. The average molecular weight is 342 g/mol. The molecule has 0 unspecified atom stereocenters. The molecule has 1 aliphatic heterocycles. The van der Waals surface area contributed by atoms with Crippen molar-refractivity contribution in [3.63, 3.8) is 0 Å². The molecule has 1 aromatic carbocycles. The third-order valence-corrected chi connectivity index (χ3v) is 4.09. The van der Waals surface area contributed by atoms with Gasteiger partial charge in [-0.25, -0.2) is 9.78 Å². The molecule has 1 saturated heterocycles. The lowest BCUT2D eigenvalue weighted by Crippen LogP contribution is -2.52. The molecular formula is C19H19FN2O3. The lowest BCUT2D eigenvalue weighted by Gasteiger charge is -2.36. The monoisotopic (exact) mass is 342 g/mol. The minimum Gasteiger partial charge on any atom is -0.436 e. The summed E-state index contributed by atoms with van der Waals surface area (Å²) in [4.78, 5) is 16.3. The van der Waals surface area contributed by atoms with E-state index in [1.54, 1.807) is 0 Å². The minimum absolute atomic E-state index is 0.190. The van der Waals surface area contributed by atoms with Crippen LogP contribution in [0.15, 0.2) is 36.7 Å². The second-order valence-corrected chi connectivity index (χ2v) is 5.91. The molecule has 1 atom stereocenters. The predicted molar refractivity (Wildman–Crippen MR) is 89.5 cm³/mol. The van der Waals surface area contributed by atoms with Crippen LogP contribution in [-0.4, -0.2) is 34.3 Å². The van der Waals surface area contributed by atoms with Crippen molar-refractivity contribution in [2.24, 2.45) is 0 Å². The summed E-state index contributed by atoms with van der Waals surface area (Å²) in [7, 11) is 0. The van der Waals surface area contributed by atoms with Gasteiger partial charge in [0.25, 0.3) is 0 Å². The fraction of sp³-hybridized carbons (Fsp3) is 0.368. The van der Waals surface area contributed by atoms with Gasteiger partial charge in [0.05, 0.1) is 12.4 Å². The van der Waals surface area contributed by atoms with Crippen molar-refractivity contribution >= 4 is 5.97 Å². The van der Waals surface area contributed by atoms with Crippen LogP contribution in [0.25, 0.3) is 0 Å². The first-order valence-corrected chi connectivity index (χ1v) is 8.14. The Morgan fingerprint density at radius 1 is 1.44 bits per heavy atom. The lowest BCUT2D eigenvalue weighted by atomic mass is 10.0. The first-order valence-electron chi connectivity index (χ1n) is 8.14. The molecule has 6 heteroatoms. The summed E-state index contributed by atoms with van der Waals surface area (Å²) >= 11 is 0. The Morgan fingerprint density at radius 3 is 2.76 bits per heavy atom. The molecule has 5 nitrogen and oxygen atoms in total. The lowest BCUT2D eigenvalue weighted by molar-refractivity contribution is -0.146. The highest BCUT2D eigenvalue weighted by atomic mass is 19.1. The molecule has 0 N–H and O–H groups in total. The van der Waals surface area contributed by atoms with Gasteiger partial charge in [-0.05, 0) is 12.5 Å². The van der Waals surface area contributed by atoms with E-state index in [9.17, 15) is 9.18 Å². The molecule has 0 saturated carbocycles. The maximum absolute atomic E-state index is 14.2. The van der Waals surface area contributed by atoms with E-state index in [2.05, 4.69) is 16.8 Å². The molecule has 0 bridgehead atoms. The van der Waals surface area contributed by atoms with Crippen molar-refractivity contribution in [1.82, 2.24) is 9.55 Å². The largest absolute Gasteiger partial charge is 0.436 e. The number of esters is 1. The third-order valence-electron chi connectivity index (χ3n) is 4.09. The number of rotatable bonds is 4. The molecule has 2 aromatic rings. The van der Waals surface area contributed by atoms with Crippen LogP contribution in [0.2, 0.25) is 0 Å². The average Bonchev–Trinajstić information content (AvgIpc) is 2.98. The smallest absolute Gasteiger partial charge is 0.361 e. The Bertz CT molecular complexity index is 816. The van der Waals surface area contributed by atoms with Gasteiger partial charge in [-0.1, -0.05) is 49.1 Å². The van der Waals surface area contributed by atoms with Crippen molar-refractivity contribution in [3.8, 4) is 11.8 Å². The van der Waals surface area contributed by atoms with Crippen LogP contribution in [0.1, 0.15) is 42.4 Å². The Morgan fingerprint density at radius 2 is 2.16 bits per heavy atom. The number of nitrogens with zero attached hydrogens (tertiary/aromatic N) is 2. The second kappa shape index (κ2) is 7.08. The molecule has 3 rings (SSSR count). The summed E-state index contributed by atoms with van der Waals surface area (Å²) in [6, 6.07) is 9.22. The number of hydrogen-bond acceptors (Lipinski definition) is 4. The number of aromatic nitrogens is 2. The van der Waals surface area contributed by atoms with Crippen LogP contribution >= 0.6 is 0 Å². The summed E-state index contributed by atoms with van der Waals surface area (Å²) < 4.78 is 26.3. The van der Waals surface area contributed by atoms with Crippen LogP contribution in [0.3, 0.4) is 0 Å². The fourth-order valence-electron chi connectivity index (χ4n) is 2.63. The van der Waals surface area contributed by atoms with E-state index < -0.39 is 17.5 Å². The number of halogens is 1. The van der Waals surface area contributed by atoms with Crippen molar-refractivity contribution < 1.29 is 18.7 Å². The predicted octanol–water partition coefficient (Wildman–Crippen LogP) is 2.97. The molecule has 130 valence electrons. The number of carbonyl (C=O) groups is 1. The standard InChI is InChI=1S/C19H19FN2O3/c1-3-4-10-19(11-24-12-19)25-18(23)16-17(20)21-13-22(16)14(2)15-8-6-5-7-9-15/h5-9,13-14H,3,11-12H2,1-2H3/t14-/m1/s1. The zero-order chi connectivity index (χ0) is 17.9. The normalized spacial score (nSPS) is 16.3. The van der Waals surface area contributed by atoms with E-state index in [-0.39, 0.29) is 24.9 Å². The van der Waals surface area contributed by atoms with Crippen molar-refractivity contribution in [1.29, 1.82) is 0 Å². The molecule has 1 aliphatic rings. The molecule has 2 heterocycles. The molecule has 1 aromatic heterocycles. The molecule has 0 radical (unpaired) electrons. The molecule has 0 aliphatic carbocycles. The van der Waals surface area contributed by atoms with Gasteiger partial charge < -0.3 is 14.0 Å². The SMILES string of the molecule is CCC#CC1(OC(=O)c2c(F)ncn2[C@H](C)c2ccccc2)COC1. The topological polar surface area (TPSA) is 53.3 Å². The Hall–Kier alpha value is -2.65. The van der Waals surface area contributed by atoms with E-state index in [4.69, 9.17) is 9.47 Å². The van der Waals surface area contributed by atoms with Crippen molar-refractivity contribution in [2.45, 2.75) is 31.9 Å². The van der Waals surface area contributed by atoms with E-state index in [0.717, 1.165) is 5.56 Å². The van der Waals surface area contributed by atoms with Gasteiger partial charge in [0, 0.05) is 6.42 Å². The number of hydrogen-bond donors (Lipinski definition) is 0. The molecular weight excluding hydrogens is 323 g/mol. The molecule has 0 amide bonds. The van der Waals surface area contributed by atoms with Gasteiger partial charge in [-0.3, -0.25) is 0 Å². The van der Waals surface area contributed by atoms with E-state index in [1.165, 1.54) is 10.9 Å². The Balaban J connectivity index is 1.87. The minimum atomic E-state index is -0.995. The van der Waals surface area contributed by atoms with E-state index in [1.807, 2.05) is 44.2 Å². The van der Waals surface area contributed by atoms with Crippen molar-refractivity contribution in [3.05, 3.63) is 53.9 Å². The number of carbonyl (C=O) groups excluding carboxylic acids is 1. The van der Waals surface area contributed by atoms with Crippen LogP contribution in [0.5, 0.6) is 0 Å². The third kappa shape index (κ3) is 3.42. The first kappa shape index (κ1) is 17.2. The summed E-state index contributed by atoms with van der Waals surface area (Å²) in [5.41, 5.74) is -0.271. The van der Waals surface area contributed by atoms with Crippen molar-refractivity contribution in [2.75, 3.05) is 13.2 Å². The zero-order valence-electron chi connectivity index (χ0n) is 14.2. The zero-order valence-corrected chi connectivity index (χ0v) is 14.2. The molecule has 1 fully saturated rings. The van der Waals surface area contributed by atoms with Crippen LogP contribution in [0.4, 0.5) is 4.39 Å².